The number of para-hydroxylation sites is 2. The number of benzene rings is 2. The molecule has 0 radical (unpaired) electrons. The van der Waals surface area contributed by atoms with Gasteiger partial charge in [0, 0.05) is 58.3 Å². The summed E-state index contributed by atoms with van der Waals surface area (Å²) in [5, 5.41) is 10.2. The highest BCUT2D eigenvalue weighted by atomic mass is 16.2. The third-order valence-corrected chi connectivity index (χ3v) is 7.38. The van der Waals surface area contributed by atoms with E-state index >= 15 is 0 Å². The second-order valence-corrected chi connectivity index (χ2v) is 9.47. The maximum atomic E-state index is 12.0. The smallest absolute Gasteiger partial charge is 0.219 e. The van der Waals surface area contributed by atoms with E-state index in [4.69, 9.17) is 4.98 Å². The van der Waals surface area contributed by atoms with Gasteiger partial charge in [0.1, 0.15) is 11.9 Å². The van der Waals surface area contributed by atoms with Crippen molar-refractivity contribution >= 4 is 28.4 Å². The number of aromatic nitrogens is 2. The average Bonchev–Trinajstić information content (AvgIpc) is 3.27. The van der Waals surface area contributed by atoms with Gasteiger partial charge in [0.15, 0.2) is 5.65 Å². The molecule has 0 saturated carbocycles. The van der Waals surface area contributed by atoms with Crippen molar-refractivity contribution in [3.05, 3.63) is 76.9 Å². The first-order valence-corrected chi connectivity index (χ1v) is 12.3. The Bertz CT molecular complexity index is 1460. The van der Waals surface area contributed by atoms with E-state index in [1.54, 1.807) is 6.92 Å². The molecule has 6 rings (SSSR count). The van der Waals surface area contributed by atoms with Crippen molar-refractivity contribution < 1.29 is 4.79 Å². The van der Waals surface area contributed by atoms with E-state index in [1.165, 1.54) is 11.1 Å². The van der Waals surface area contributed by atoms with Crippen LogP contribution in [0.25, 0.3) is 16.7 Å². The second kappa shape index (κ2) is 9.63. The molecule has 7 nitrogen and oxygen atoms in total. The molecule has 1 fully saturated rings. The molecule has 0 bridgehead atoms. The van der Waals surface area contributed by atoms with Gasteiger partial charge in [-0.05, 0) is 29.7 Å². The van der Waals surface area contributed by atoms with Gasteiger partial charge in [0.05, 0.1) is 16.6 Å². The average molecular weight is 481 g/mol. The van der Waals surface area contributed by atoms with Crippen LogP contribution in [0.1, 0.15) is 36.6 Å². The fourth-order valence-electron chi connectivity index (χ4n) is 5.64. The molecule has 0 N–H and O–H groups in total. The second-order valence-electron chi connectivity index (χ2n) is 9.47. The molecule has 2 aliphatic rings. The van der Waals surface area contributed by atoms with Crippen LogP contribution in [-0.2, 0) is 24.3 Å². The Balaban J connectivity index is 0.00000267. The molecule has 2 aliphatic heterocycles. The molecule has 1 amide bonds. The molecular weight excluding hydrogens is 448 g/mol. The largest absolute Gasteiger partial charge is 0.354 e. The van der Waals surface area contributed by atoms with Gasteiger partial charge in [-0.2, -0.15) is 5.26 Å². The number of hydrogen-bond donors (Lipinski definition) is 0. The summed E-state index contributed by atoms with van der Waals surface area (Å²) in [5.41, 5.74) is 7.00. The summed E-state index contributed by atoms with van der Waals surface area (Å²) in [7, 11) is 0. The van der Waals surface area contributed by atoms with E-state index in [-0.39, 0.29) is 13.3 Å². The Morgan fingerprint density at radius 3 is 2.42 bits per heavy atom. The van der Waals surface area contributed by atoms with Crippen LogP contribution >= 0.6 is 0 Å². The minimum absolute atomic E-state index is 0. The minimum atomic E-state index is 0. The van der Waals surface area contributed by atoms with Crippen molar-refractivity contribution in [3.63, 3.8) is 0 Å². The zero-order valence-corrected chi connectivity index (χ0v) is 19.9. The van der Waals surface area contributed by atoms with Crippen LogP contribution in [0.2, 0.25) is 0 Å². The van der Waals surface area contributed by atoms with Crippen molar-refractivity contribution in [1.82, 2.24) is 19.2 Å². The first kappa shape index (κ1) is 23.8. The maximum absolute atomic E-state index is 12.0. The Kier molecular flexibility index (Phi) is 6.38. The Hall–Kier alpha value is -3.89. The van der Waals surface area contributed by atoms with Crippen molar-refractivity contribution in [2.45, 2.75) is 33.9 Å². The number of pyridine rings is 1. The Labute approximate surface area is 212 Å². The summed E-state index contributed by atoms with van der Waals surface area (Å²) in [6.45, 7) is 7.13. The van der Waals surface area contributed by atoms with Gasteiger partial charge in [-0.25, -0.2) is 4.98 Å². The number of hydrogen-bond acceptors (Lipinski definition) is 5. The predicted molar refractivity (Wildman–Crippen MR) is 143 cm³/mol. The van der Waals surface area contributed by atoms with Crippen molar-refractivity contribution in [1.29, 1.82) is 5.26 Å². The van der Waals surface area contributed by atoms with Crippen LogP contribution in [0, 0.1) is 11.3 Å². The number of piperazine rings is 1. The SMILES string of the molecule is C.CC(=O)N1CCN(c2c3c(c(C#N)c4nc5ccccc5n24)CCN(Cc2ccccc2)C3)CC1. The lowest BCUT2D eigenvalue weighted by atomic mass is 9.95. The number of nitriles is 1. The monoisotopic (exact) mass is 480 g/mol. The molecule has 0 spiro atoms. The Morgan fingerprint density at radius 2 is 1.69 bits per heavy atom. The first-order chi connectivity index (χ1) is 17.1. The fourth-order valence-corrected chi connectivity index (χ4v) is 5.64. The van der Waals surface area contributed by atoms with Crippen molar-refractivity contribution in [2.24, 2.45) is 0 Å². The summed E-state index contributed by atoms with van der Waals surface area (Å²) >= 11 is 0. The summed E-state index contributed by atoms with van der Waals surface area (Å²) < 4.78 is 2.20. The van der Waals surface area contributed by atoms with Crippen LogP contribution in [-0.4, -0.2) is 57.8 Å². The van der Waals surface area contributed by atoms with Gasteiger partial charge < -0.3 is 9.80 Å². The van der Waals surface area contributed by atoms with Crippen LogP contribution in [0.15, 0.2) is 54.6 Å². The molecule has 7 heteroatoms. The zero-order valence-electron chi connectivity index (χ0n) is 19.9. The Morgan fingerprint density at radius 1 is 0.972 bits per heavy atom. The molecule has 2 aromatic heterocycles. The molecule has 4 heterocycles. The molecule has 4 aromatic rings. The van der Waals surface area contributed by atoms with E-state index < -0.39 is 0 Å². The minimum Gasteiger partial charge on any atom is -0.354 e. The number of anilines is 1. The topological polar surface area (TPSA) is 67.9 Å². The lowest BCUT2D eigenvalue weighted by Crippen LogP contribution is -2.49. The molecule has 0 atom stereocenters. The van der Waals surface area contributed by atoms with E-state index in [9.17, 15) is 10.1 Å². The van der Waals surface area contributed by atoms with Gasteiger partial charge in [-0.3, -0.25) is 14.1 Å². The molecule has 36 heavy (non-hydrogen) atoms. The van der Waals surface area contributed by atoms with Gasteiger partial charge in [-0.1, -0.05) is 49.9 Å². The molecule has 1 saturated heterocycles. The van der Waals surface area contributed by atoms with E-state index in [0.717, 1.165) is 67.2 Å². The van der Waals surface area contributed by atoms with Gasteiger partial charge in [0.2, 0.25) is 5.91 Å². The molecule has 2 aromatic carbocycles. The van der Waals surface area contributed by atoms with E-state index in [0.29, 0.717) is 18.7 Å². The third kappa shape index (κ3) is 3.98. The number of fused-ring (bicyclic) bond motifs is 4. The predicted octanol–water partition coefficient (Wildman–Crippen LogP) is 4.22. The highest BCUT2D eigenvalue weighted by Crippen LogP contribution is 2.37. The third-order valence-electron chi connectivity index (χ3n) is 7.38. The normalized spacial score (nSPS) is 16.0. The number of imidazole rings is 1. The summed E-state index contributed by atoms with van der Waals surface area (Å²) in [4.78, 5) is 23.7. The highest BCUT2D eigenvalue weighted by molar-refractivity contribution is 5.86. The number of rotatable bonds is 3. The number of carbonyl (C=O) groups excluding carboxylic acids is 1. The number of amides is 1. The van der Waals surface area contributed by atoms with E-state index in [2.05, 4.69) is 50.6 Å². The molecule has 0 unspecified atom stereocenters. The number of nitrogens with zero attached hydrogens (tertiary/aromatic N) is 6. The first-order valence-electron chi connectivity index (χ1n) is 12.3. The van der Waals surface area contributed by atoms with Gasteiger partial charge in [-0.15, -0.1) is 0 Å². The summed E-state index contributed by atoms with van der Waals surface area (Å²) in [6.07, 6.45) is 0.825. The van der Waals surface area contributed by atoms with E-state index in [1.807, 2.05) is 29.2 Å². The fraction of sp³-hybridized carbons (Fsp3) is 0.345. The van der Waals surface area contributed by atoms with Crippen molar-refractivity contribution in [2.75, 3.05) is 37.6 Å². The zero-order chi connectivity index (χ0) is 23.9. The van der Waals surface area contributed by atoms with Crippen LogP contribution in [0.4, 0.5) is 5.82 Å². The lowest BCUT2D eigenvalue weighted by molar-refractivity contribution is -0.129. The van der Waals surface area contributed by atoms with Gasteiger partial charge >= 0.3 is 0 Å². The lowest BCUT2D eigenvalue weighted by Gasteiger charge is -2.39. The molecular formula is C29H32N6O. The summed E-state index contributed by atoms with van der Waals surface area (Å²) in [6, 6.07) is 21.2. The van der Waals surface area contributed by atoms with Crippen molar-refractivity contribution in [3.8, 4) is 6.07 Å². The van der Waals surface area contributed by atoms with Crippen LogP contribution in [0.3, 0.4) is 0 Å². The van der Waals surface area contributed by atoms with Crippen LogP contribution in [0.5, 0.6) is 0 Å². The number of carbonyl (C=O) groups is 1. The molecule has 184 valence electrons. The highest BCUT2D eigenvalue weighted by Gasteiger charge is 2.31. The maximum Gasteiger partial charge on any atom is 0.219 e. The summed E-state index contributed by atoms with van der Waals surface area (Å²) in [5.74, 6) is 1.25. The van der Waals surface area contributed by atoms with Gasteiger partial charge in [0.25, 0.3) is 0 Å². The molecule has 0 aliphatic carbocycles. The van der Waals surface area contributed by atoms with Crippen LogP contribution < -0.4 is 4.90 Å². The standard InChI is InChI=1S/C28H28N6O.CH4/c1-20(35)32-13-15-33(16-14-32)28-24-19-31(18-21-7-3-2-4-8-21)12-11-22(24)23(17-29)27-30-25-9-5-6-10-26(25)34(27)28;/h2-10H,11-16,18-19H2,1H3;1H4. The quantitative estimate of drug-likeness (QED) is 0.439.